The maximum Gasteiger partial charge on any atom is 0.276 e. The molecule has 0 aliphatic carbocycles. The van der Waals surface area contributed by atoms with Crippen LogP contribution in [0.5, 0.6) is 5.75 Å². The van der Waals surface area contributed by atoms with Crippen LogP contribution in [0.3, 0.4) is 0 Å². The summed E-state index contributed by atoms with van der Waals surface area (Å²) in [7, 11) is 3.14. The number of methoxy groups -OCH3 is 2. The minimum absolute atomic E-state index is 0.0168. The van der Waals surface area contributed by atoms with E-state index in [0.29, 0.717) is 31.1 Å². The zero-order valence-corrected chi connectivity index (χ0v) is 21.7. The first-order chi connectivity index (χ1) is 18.1. The number of carbonyl (C=O) groups is 2. The highest BCUT2D eigenvalue weighted by atomic mass is 16.5. The Morgan fingerprint density at radius 1 is 0.919 bits per heavy atom. The Hall–Kier alpha value is -3.65. The second-order valence-electron chi connectivity index (χ2n) is 9.26. The normalized spacial score (nSPS) is 15.2. The molecule has 0 radical (unpaired) electrons. The van der Waals surface area contributed by atoms with Crippen molar-refractivity contribution in [2.75, 3.05) is 38.8 Å². The highest BCUT2D eigenvalue weighted by molar-refractivity contribution is 5.96. The molecule has 0 spiro atoms. The molecule has 4 rings (SSSR count). The summed E-state index contributed by atoms with van der Waals surface area (Å²) in [5.74, 6) is 0.925. The first-order valence-electron chi connectivity index (χ1n) is 12.9. The molecule has 0 fully saturated rings. The van der Waals surface area contributed by atoms with Gasteiger partial charge >= 0.3 is 0 Å². The first-order valence-corrected chi connectivity index (χ1v) is 12.9. The first kappa shape index (κ1) is 26.4. The number of anilines is 1. The van der Waals surface area contributed by atoms with Crippen LogP contribution in [0.2, 0.25) is 0 Å². The van der Waals surface area contributed by atoms with Gasteiger partial charge in [0.2, 0.25) is 0 Å². The van der Waals surface area contributed by atoms with Crippen LogP contribution in [0.25, 0.3) is 11.3 Å². The van der Waals surface area contributed by atoms with Gasteiger partial charge in [-0.15, -0.1) is 0 Å². The molecule has 2 amide bonds. The van der Waals surface area contributed by atoms with Gasteiger partial charge in [-0.3, -0.25) is 9.59 Å². The summed E-state index contributed by atoms with van der Waals surface area (Å²) in [6, 6.07) is 16.9. The molecular weight excluding hydrogens is 470 g/mol. The Morgan fingerprint density at radius 3 is 2.46 bits per heavy atom. The average Bonchev–Trinajstić information content (AvgIpc) is 3.42. The lowest BCUT2D eigenvalue weighted by Gasteiger charge is -2.28. The summed E-state index contributed by atoms with van der Waals surface area (Å²) in [6.07, 6.45) is 6.15. The maximum atomic E-state index is 13.7. The summed E-state index contributed by atoms with van der Waals surface area (Å²) in [5, 5.41) is 4.10. The van der Waals surface area contributed by atoms with Gasteiger partial charge in [0.25, 0.3) is 11.8 Å². The van der Waals surface area contributed by atoms with E-state index < -0.39 is 0 Å². The molecule has 2 heterocycles. The van der Waals surface area contributed by atoms with Crippen molar-refractivity contribution in [2.45, 2.75) is 45.1 Å². The Kier molecular flexibility index (Phi) is 9.32. The number of para-hydroxylation sites is 1. The van der Waals surface area contributed by atoms with Gasteiger partial charge in [-0.05, 0) is 36.6 Å². The lowest BCUT2D eigenvalue weighted by molar-refractivity contribution is -0.122. The molecule has 0 N–H and O–H groups in total. The third kappa shape index (κ3) is 6.77. The number of hydrogen-bond acceptors (Lipinski definition) is 6. The predicted octanol–water partition coefficient (Wildman–Crippen LogP) is 5.33. The lowest BCUT2D eigenvalue weighted by Crippen LogP contribution is -2.37. The zero-order valence-electron chi connectivity index (χ0n) is 21.7. The molecule has 8 heteroatoms. The van der Waals surface area contributed by atoms with E-state index in [4.69, 9.17) is 14.0 Å². The topological polar surface area (TPSA) is 85.1 Å². The predicted molar refractivity (Wildman–Crippen MR) is 142 cm³/mol. The zero-order chi connectivity index (χ0) is 26.0. The Morgan fingerprint density at radius 2 is 1.68 bits per heavy atom. The molecule has 0 atom stereocenters. The Bertz CT molecular complexity index is 1190. The van der Waals surface area contributed by atoms with Crippen LogP contribution in [0.1, 0.15) is 54.6 Å². The van der Waals surface area contributed by atoms with Crippen molar-refractivity contribution >= 4 is 17.5 Å². The number of fused-ring (bicyclic) bond motifs is 1. The van der Waals surface area contributed by atoms with Crippen LogP contribution in [0.4, 0.5) is 5.69 Å². The van der Waals surface area contributed by atoms with Gasteiger partial charge in [0.05, 0.1) is 7.11 Å². The average molecular weight is 506 g/mol. The second kappa shape index (κ2) is 13.1. The fourth-order valence-corrected chi connectivity index (χ4v) is 4.68. The summed E-state index contributed by atoms with van der Waals surface area (Å²) in [4.78, 5) is 30.2. The number of aromatic nitrogens is 1. The number of carbonyl (C=O) groups excluding carboxylic acids is 2. The fourth-order valence-electron chi connectivity index (χ4n) is 4.68. The summed E-state index contributed by atoms with van der Waals surface area (Å²) < 4.78 is 16.0. The minimum Gasteiger partial charge on any atom is -0.497 e. The largest absolute Gasteiger partial charge is 0.497 e. The molecule has 0 saturated heterocycles. The van der Waals surface area contributed by atoms with Crippen molar-refractivity contribution in [2.24, 2.45) is 0 Å². The molecule has 2 aromatic carbocycles. The summed E-state index contributed by atoms with van der Waals surface area (Å²) in [6.45, 7) is 1.61. The highest BCUT2D eigenvalue weighted by Crippen LogP contribution is 2.27. The van der Waals surface area contributed by atoms with E-state index in [1.165, 1.54) is 7.11 Å². The Labute approximate surface area is 218 Å². The molecule has 0 bridgehead atoms. The smallest absolute Gasteiger partial charge is 0.276 e. The number of benzene rings is 2. The van der Waals surface area contributed by atoms with E-state index in [1.54, 1.807) is 18.1 Å². The van der Waals surface area contributed by atoms with E-state index in [2.05, 4.69) is 5.16 Å². The number of amides is 2. The molecule has 3 aromatic rings. The number of rotatable bonds is 5. The van der Waals surface area contributed by atoms with Crippen molar-refractivity contribution in [3.63, 3.8) is 0 Å². The molecule has 1 aliphatic heterocycles. The van der Waals surface area contributed by atoms with Crippen molar-refractivity contribution in [1.82, 2.24) is 10.1 Å². The third-order valence-electron chi connectivity index (χ3n) is 6.64. The van der Waals surface area contributed by atoms with E-state index in [1.807, 2.05) is 53.4 Å². The quantitative estimate of drug-likeness (QED) is 0.466. The molecule has 1 aromatic heterocycles. The van der Waals surface area contributed by atoms with Crippen molar-refractivity contribution in [3.05, 3.63) is 65.9 Å². The van der Waals surface area contributed by atoms with E-state index in [9.17, 15) is 9.59 Å². The Balaban J connectivity index is 1.62. The van der Waals surface area contributed by atoms with Gasteiger partial charge in [0.15, 0.2) is 11.5 Å². The number of nitrogens with zero attached hydrogens (tertiary/aromatic N) is 3. The number of ether oxygens (including phenoxy) is 2. The van der Waals surface area contributed by atoms with E-state index in [-0.39, 0.29) is 24.1 Å². The lowest BCUT2D eigenvalue weighted by atomic mass is 10.1. The van der Waals surface area contributed by atoms with Crippen LogP contribution in [0, 0.1) is 0 Å². The fraction of sp³-hybridized carbons (Fsp3) is 0.414. The molecule has 0 unspecified atom stereocenters. The van der Waals surface area contributed by atoms with Crippen molar-refractivity contribution in [3.8, 4) is 17.1 Å². The third-order valence-corrected chi connectivity index (χ3v) is 6.64. The molecular formula is C29H35N3O5. The van der Waals surface area contributed by atoms with Gasteiger partial charge in [-0.1, -0.05) is 61.2 Å². The molecule has 196 valence electrons. The van der Waals surface area contributed by atoms with Crippen LogP contribution in [0.15, 0.2) is 59.1 Å². The maximum absolute atomic E-state index is 13.7. The van der Waals surface area contributed by atoms with Crippen LogP contribution >= 0.6 is 0 Å². The standard InChI is InChI=1S/C29H35N3O5/c1-35-21-28(33)32-17-10-6-4-3-5-9-16-31(20-23-12-7-8-15-26(23)32)29(34)25-19-27(37-30-25)22-13-11-14-24(18-22)36-2/h7-8,11-15,18-19H,3-6,9-10,16-17,20-21H2,1-2H3. The monoisotopic (exact) mass is 505 g/mol. The molecule has 0 saturated carbocycles. The van der Waals surface area contributed by atoms with Gasteiger partial charge in [0.1, 0.15) is 12.4 Å². The molecule has 1 aliphatic rings. The SMILES string of the molecule is COCC(=O)N1CCCCCCCCN(C(=O)c2cc(-c3cccc(OC)c3)on2)Cc2ccccc21. The van der Waals surface area contributed by atoms with Gasteiger partial charge < -0.3 is 23.8 Å². The van der Waals surface area contributed by atoms with Gasteiger partial charge in [0, 0.05) is 44.1 Å². The van der Waals surface area contributed by atoms with Gasteiger partial charge in [-0.25, -0.2) is 0 Å². The van der Waals surface area contributed by atoms with Crippen molar-refractivity contribution in [1.29, 1.82) is 0 Å². The summed E-state index contributed by atoms with van der Waals surface area (Å²) >= 11 is 0. The second-order valence-corrected chi connectivity index (χ2v) is 9.26. The van der Waals surface area contributed by atoms with Crippen molar-refractivity contribution < 1.29 is 23.6 Å². The van der Waals surface area contributed by atoms with E-state index in [0.717, 1.165) is 55.3 Å². The summed E-state index contributed by atoms with van der Waals surface area (Å²) in [5.41, 5.74) is 2.77. The van der Waals surface area contributed by atoms with Crippen LogP contribution in [-0.4, -0.2) is 55.8 Å². The number of hydrogen-bond donors (Lipinski definition) is 0. The molecule has 8 nitrogen and oxygen atoms in total. The molecule has 37 heavy (non-hydrogen) atoms. The van der Waals surface area contributed by atoms with Crippen LogP contribution < -0.4 is 9.64 Å². The van der Waals surface area contributed by atoms with Crippen LogP contribution in [-0.2, 0) is 16.1 Å². The van der Waals surface area contributed by atoms with Gasteiger partial charge in [-0.2, -0.15) is 0 Å². The highest BCUT2D eigenvalue weighted by Gasteiger charge is 2.24. The van der Waals surface area contributed by atoms with E-state index >= 15 is 0 Å². The minimum atomic E-state index is -0.197.